The van der Waals surface area contributed by atoms with Crippen molar-refractivity contribution in [3.63, 3.8) is 0 Å². The van der Waals surface area contributed by atoms with Gasteiger partial charge in [0.2, 0.25) is 5.91 Å². The average Bonchev–Trinajstić information content (AvgIpc) is 2.91. The Morgan fingerprint density at radius 1 is 1.20 bits per heavy atom. The van der Waals surface area contributed by atoms with Crippen molar-refractivity contribution in [2.45, 2.75) is 19.0 Å². The Kier molecular flexibility index (Phi) is 4.76. The summed E-state index contributed by atoms with van der Waals surface area (Å²) < 4.78 is 2.03. The van der Waals surface area contributed by atoms with E-state index in [1.54, 1.807) is 0 Å². The van der Waals surface area contributed by atoms with Gasteiger partial charge in [0, 0.05) is 0 Å². The number of amides is 3. The summed E-state index contributed by atoms with van der Waals surface area (Å²) in [7, 11) is 0. The van der Waals surface area contributed by atoms with Gasteiger partial charge in [0.15, 0.2) is 5.16 Å². The highest BCUT2D eigenvalue weighted by atomic mass is 32.2. The lowest BCUT2D eigenvalue weighted by Gasteiger charge is -2.12. The molecule has 1 aromatic heterocycles. The summed E-state index contributed by atoms with van der Waals surface area (Å²) in [6.45, 7) is 4.10. The first-order chi connectivity index (χ1) is 12.0. The smallest absolute Gasteiger partial charge is 0.318 e. The lowest BCUT2D eigenvalue weighted by Crippen LogP contribution is -2.36. The Morgan fingerprint density at radius 2 is 1.96 bits per heavy atom. The normalized spacial score (nSPS) is 10.8. The minimum Gasteiger partial charge on any atom is -0.351 e. The number of carbonyl (C=O) groups is 2. The molecule has 3 rings (SSSR count). The zero-order valence-corrected chi connectivity index (χ0v) is 14.8. The van der Waals surface area contributed by atoms with E-state index in [1.165, 1.54) is 17.3 Å². The molecule has 0 spiro atoms. The number of carbonyl (C=O) groups excluding carboxylic acids is 2. The highest BCUT2D eigenvalue weighted by molar-refractivity contribution is 7.99. The van der Waals surface area contributed by atoms with E-state index in [0.717, 1.165) is 22.3 Å². The van der Waals surface area contributed by atoms with E-state index < -0.39 is 11.9 Å². The number of para-hydroxylation sites is 2. The van der Waals surface area contributed by atoms with E-state index >= 15 is 0 Å². The van der Waals surface area contributed by atoms with Gasteiger partial charge in [-0.15, -0.1) is 0 Å². The first kappa shape index (κ1) is 17.0. The molecule has 0 fully saturated rings. The van der Waals surface area contributed by atoms with E-state index in [4.69, 9.17) is 5.73 Å². The number of imidazole rings is 1. The molecule has 0 aliphatic heterocycles. The number of nitrogens with one attached hydrogen (secondary N) is 1. The van der Waals surface area contributed by atoms with Crippen LogP contribution in [0.2, 0.25) is 0 Å². The van der Waals surface area contributed by atoms with Gasteiger partial charge in [-0.3, -0.25) is 14.7 Å². The van der Waals surface area contributed by atoms with Crippen molar-refractivity contribution < 1.29 is 9.59 Å². The van der Waals surface area contributed by atoms with E-state index in [-0.39, 0.29) is 5.75 Å². The monoisotopic (exact) mass is 354 g/mol. The third-order valence-corrected chi connectivity index (χ3v) is 4.66. The zero-order valence-electron chi connectivity index (χ0n) is 13.9. The molecule has 0 aliphatic rings. The van der Waals surface area contributed by atoms with E-state index in [0.29, 0.717) is 5.16 Å². The second kappa shape index (κ2) is 6.98. The molecule has 3 N–H and O–H groups in total. The molecule has 25 heavy (non-hydrogen) atoms. The van der Waals surface area contributed by atoms with Crippen LogP contribution in [0.25, 0.3) is 16.7 Å². The molecule has 0 unspecified atom stereocenters. The van der Waals surface area contributed by atoms with Gasteiger partial charge >= 0.3 is 6.03 Å². The maximum absolute atomic E-state index is 11.7. The molecular weight excluding hydrogens is 336 g/mol. The van der Waals surface area contributed by atoms with Crippen molar-refractivity contribution in [3.05, 3.63) is 53.6 Å². The maximum Gasteiger partial charge on any atom is 0.318 e. The summed E-state index contributed by atoms with van der Waals surface area (Å²) in [6.07, 6.45) is 0. The summed E-state index contributed by atoms with van der Waals surface area (Å²) in [5, 5.41) is 2.75. The van der Waals surface area contributed by atoms with E-state index in [9.17, 15) is 9.59 Å². The highest BCUT2D eigenvalue weighted by Gasteiger charge is 2.16. The van der Waals surface area contributed by atoms with Crippen LogP contribution in [0.15, 0.2) is 47.6 Å². The molecular formula is C18H18N4O2S. The number of thioether (sulfide) groups is 1. The van der Waals surface area contributed by atoms with Gasteiger partial charge in [0.05, 0.1) is 22.5 Å². The van der Waals surface area contributed by atoms with Crippen molar-refractivity contribution in [1.29, 1.82) is 0 Å². The Hall–Kier alpha value is -2.80. The van der Waals surface area contributed by atoms with Crippen LogP contribution < -0.4 is 11.1 Å². The molecule has 1 heterocycles. The Balaban J connectivity index is 2.03. The molecule has 2 aromatic carbocycles. The summed E-state index contributed by atoms with van der Waals surface area (Å²) in [5.41, 5.74) is 10.1. The third-order valence-electron chi connectivity index (χ3n) is 3.72. The van der Waals surface area contributed by atoms with Crippen LogP contribution >= 0.6 is 11.8 Å². The SMILES string of the molecule is Cc1ccc(-n2c(SCC(=O)NC(N)=O)nc3ccccc32)c(C)c1. The molecule has 0 atom stereocenters. The number of hydrogen-bond acceptors (Lipinski definition) is 4. The van der Waals surface area contributed by atoms with Crippen LogP contribution in [0.4, 0.5) is 4.79 Å². The summed E-state index contributed by atoms with van der Waals surface area (Å²) in [4.78, 5) is 27.2. The number of hydrogen-bond donors (Lipinski definition) is 2. The molecule has 0 aliphatic carbocycles. The number of imide groups is 1. The second-order valence-electron chi connectivity index (χ2n) is 5.71. The molecule has 3 amide bonds. The minimum atomic E-state index is -0.853. The lowest BCUT2D eigenvalue weighted by atomic mass is 10.1. The Labute approximate surface area is 149 Å². The zero-order chi connectivity index (χ0) is 18.0. The van der Waals surface area contributed by atoms with Crippen LogP contribution in [-0.2, 0) is 4.79 Å². The van der Waals surface area contributed by atoms with Crippen LogP contribution in [0.3, 0.4) is 0 Å². The molecule has 3 aromatic rings. The van der Waals surface area contributed by atoms with Crippen molar-refractivity contribution in [2.75, 3.05) is 5.75 Å². The van der Waals surface area contributed by atoms with Gasteiger partial charge in [-0.1, -0.05) is 41.6 Å². The summed E-state index contributed by atoms with van der Waals surface area (Å²) in [5.74, 6) is -0.395. The first-order valence-corrected chi connectivity index (χ1v) is 8.71. The fourth-order valence-corrected chi connectivity index (χ4v) is 3.51. The Bertz CT molecular complexity index is 965. The summed E-state index contributed by atoms with van der Waals surface area (Å²) in [6, 6.07) is 13.2. The van der Waals surface area contributed by atoms with Gasteiger partial charge in [0.25, 0.3) is 0 Å². The van der Waals surface area contributed by atoms with Crippen LogP contribution in [0.5, 0.6) is 0 Å². The molecule has 128 valence electrons. The summed E-state index contributed by atoms with van der Waals surface area (Å²) >= 11 is 1.26. The fourth-order valence-electron chi connectivity index (χ4n) is 2.69. The predicted octanol–water partition coefficient (Wildman–Crippen LogP) is 2.93. The maximum atomic E-state index is 11.7. The average molecular weight is 354 g/mol. The molecule has 0 saturated carbocycles. The molecule has 6 nitrogen and oxygen atoms in total. The van der Waals surface area contributed by atoms with Crippen molar-refractivity contribution in [2.24, 2.45) is 5.73 Å². The number of fused-ring (bicyclic) bond motifs is 1. The third kappa shape index (κ3) is 3.66. The second-order valence-corrected chi connectivity index (χ2v) is 6.65. The Morgan fingerprint density at radius 3 is 2.68 bits per heavy atom. The van der Waals surface area contributed by atoms with Gasteiger partial charge < -0.3 is 5.73 Å². The standard InChI is InChI=1S/C18H18N4O2S/c1-11-7-8-14(12(2)9-11)22-15-6-4-3-5-13(15)20-18(22)25-10-16(23)21-17(19)24/h3-9H,10H2,1-2H3,(H3,19,21,23,24). The van der Waals surface area contributed by atoms with E-state index in [2.05, 4.69) is 16.4 Å². The number of nitrogens with zero attached hydrogens (tertiary/aromatic N) is 2. The number of rotatable bonds is 4. The van der Waals surface area contributed by atoms with Crippen molar-refractivity contribution >= 4 is 34.7 Å². The van der Waals surface area contributed by atoms with Crippen LogP contribution in [0, 0.1) is 13.8 Å². The van der Waals surface area contributed by atoms with E-state index in [1.807, 2.05) is 54.8 Å². The van der Waals surface area contributed by atoms with Gasteiger partial charge in [0.1, 0.15) is 0 Å². The van der Waals surface area contributed by atoms with Gasteiger partial charge in [-0.2, -0.15) is 0 Å². The van der Waals surface area contributed by atoms with Gasteiger partial charge in [-0.05, 0) is 37.6 Å². The lowest BCUT2D eigenvalue weighted by molar-refractivity contribution is -0.117. The highest BCUT2D eigenvalue weighted by Crippen LogP contribution is 2.29. The van der Waals surface area contributed by atoms with Crippen LogP contribution in [-0.4, -0.2) is 27.2 Å². The number of aromatic nitrogens is 2. The molecule has 0 radical (unpaired) electrons. The van der Waals surface area contributed by atoms with Crippen molar-refractivity contribution in [3.8, 4) is 5.69 Å². The minimum absolute atomic E-state index is 0.0527. The predicted molar refractivity (Wildman–Crippen MR) is 99.0 cm³/mol. The number of nitrogens with two attached hydrogens (primary N) is 1. The van der Waals surface area contributed by atoms with Gasteiger partial charge in [-0.25, -0.2) is 9.78 Å². The molecule has 0 bridgehead atoms. The fraction of sp³-hybridized carbons (Fsp3) is 0.167. The number of benzene rings is 2. The molecule has 0 saturated heterocycles. The number of aryl methyl sites for hydroxylation is 2. The quantitative estimate of drug-likeness (QED) is 0.705. The first-order valence-electron chi connectivity index (χ1n) is 7.73. The van der Waals surface area contributed by atoms with Crippen molar-refractivity contribution in [1.82, 2.24) is 14.9 Å². The molecule has 7 heteroatoms. The topological polar surface area (TPSA) is 90.0 Å². The van der Waals surface area contributed by atoms with Crippen LogP contribution in [0.1, 0.15) is 11.1 Å². The number of primary amides is 1. The number of urea groups is 1. The largest absolute Gasteiger partial charge is 0.351 e.